The second-order valence-electron chi connectivity index (χ2n) is 16.3. The molecule has 0 aliphatic carbocycles. The van der Waals surface area contributed by atoms with E-state index < -0.39 is 14.1 Å². The summed E-state index contributed by atoms with van der Waals surface area (Å²) in [6, 6.07) is 0. The van der Waals surface area contributed by atoms with Gasteiger partial charge in [-0.2, -0.15) is 0 Å². The fraction of sp³-hybridized carbons (Fsp3) is 0.789. The van der Waals surface area contributed by atoms with Crippen LogP contribution in [0.4, 0.5) is 0 Å². The average molecular weight is 617 g/mol. The second-order valence-corrected chi connectivity index (χ2v) is 21.1. The molecule has 0 amide bonds. The minimum absolute atomic E-state index is 0.0890. The molecule has 0 N–H and O–H groups in total. The van der Waals surface area contributed by atoms with Crippen LogP contribution in [-0.2, 0) is 18.6 Å². The first-order valence-corrected chi connectivity index (χ1v) is 20.0. The van der Waals surface area contributed by atoms with Gasteiger partial charge in [0.1, 0.15) is 0 Å². The van der Waals surface area contributed by atoms with E-state index in [9.17, 15) is 0 Å². The maximum Gasteiger partial charge on any atom is 0.250 e. The van der Waals surface area contributed by atoms with Gasteiger partial charge in [-0.15, -0.1) is 0 Å². The summed E-state index contributed by atoms with van der Waals surface area (Å²) >= 11 is 0. The summed E-state index contributed by atoms with van der Waals surface area (Å²) in [5.74, 6) is 0.704. The third-order valence-electron chi connectivity index (χ3n) is 9.62. The van der Waals surface area contributed by atoms with E-state index in [0.29, 0.717) is 6.10 Å². The van der Waals surface area contributed by atoms with E-state index >= 15 is 0 Å². The highest BCUT2D eigenvalue weighted by atomic mass is 28.4. The molecule has 5 heteroatoms. The Balaban J connectivity index is 1.83. The molecular formula is C38H68O4Si. The van der Waals surface area contributed by atoms with Gasteiger partial charge in [-0.05, 0) is 144 Å². The SMILES string of the molecule is C/C(=C\CC/C=C(\CC/C=C(\C)CC[C@@H]1OC1(C)C)O[Si](C)(C)C(C)(C)C)CC/C=C(\C)CC[C@H]1OC(C)(C)OC1(C)C. The number of hydrogen-bond acceptors (Lipinski definition) is 4. The van der Waals surface area contributed by atoms with E-state index in [1.54, 1.807) is 0 Å². The maximum absolute atomic E-state index is 6.81. The maximum atomic E-state index is 6.81. The van der Waals surface area contributed by atoms with Crippen molar-refractivity contribution in [2.45, 2.75) is 195 Å². The van der Waals surface area contributed by atoms with Crippen LogP contribution < -0.4 is 0 Å². The highest BCUT2D eigenvalue weighted by molar-refractivity contribution is 6.74. The van der Waals surface area contributed by atoms with Gasteiger partial charge in [-0.1, -0.05) is 55.7 Å². The minimum Gasteiger partial charge on any atom is -0.547 e. The van der Waals surface area contributed by atoms with E-state index in [-0.39, 0.29) is 22.3 Å². The molecule has 2 aliphatic heterocycles. The van der Waals surface area contributed by atoms with Crippen LogP contribution in [0.15, 0.2) is 46.8 Å². The summed E-state index contributed by atoms with van der Waals surface area (Å²) in [5, 5.41) is 0.196. The fourth-order valence-electron chi connectivity index (χ4n) is 5.63. The number of hydrogen-bond donors (Lipinski definition) is 0. The zero-order valence-corrected chi connectivity index (χ0v) is 31.7. The molecule has 0 aromatic rings. The molecule has 2 aliphatic rings. The lowest BCUT2D eigenvalue weighted by Crippen LogP contribution is -2.40. The molecule has 2 rings (SSSR count). The summed E-state index contributed by atoms with van der Waals surface area (Å²) in [7, 11) is -1.87. The molecule has 2 heterocycles. The van der Waals surface area contributed by atoms with Gasteiger partial charge < -0.3 is 18.6 Å². The lowest BCUT2D eigenvalue weighted by atomic mass is 9.95. The Morgan fingerprint density at radius 3 is 1.56 bits per heavy atom. The van der Waals surface area contributed by atoms with Crippen molar-refractivity contribution in [2.75, 3.05) is 0 Å². The number of ether oxygens (including phenoxy) is 3. The first-order valence-electron chi connectivity index (χ1n) is 17.0. The second kappa shape index (κ2) is 15.4. The molecule has 0 spiro atoms. The largest absolute Gasteiger partial charge is 0.547 e. The lowest BCUT2D eigenvalue weighted by molar-refractivity contribution is -0.157. The van der Waals surface area contributed by atoms with Crippen molar-refractivity contribution >= 4 is 8.32 Å². The predicted molar refractivity (Wildman–Crippen MR) is 187 cm³/mol. The predicted octanol–water partition coefficient (Wildman–Crippen LogP) is 11.7. The van der Waals surface area contributed by atoms with Crippen molar-refractivity contribution in [3.63, 3.8) is 0 Å². The van der Waals surface area contributed by atoms with Crippen molar-refractivity contribution < 1.29 is 18.6 Å². The van der Waals surface area contributed by atoms with E-state index in [1.165, 1.54) is 22.5 Å². The van der Waals surface area contributed by atoms with Gasteiger partial charge in [0.05, 0.1) is 29.2 Å². The van der Waals surface area contributed by atoms with Gasteiger partial charge in [0, 0.05) is 6.42 Å². The van der Waals surface area contributed by atoms with Gasteiger partial charge in [-0.25, -0.2) is 0 Å². The summed E-state index contributed by atoms with van der Waals surface area (Å²) < 4.78 is 24.8. The average Bonchev–Trinajstić information content (AvgIpc) is 3.39. The van der Waals surface area contributed by atoms with E-state index in [2.05, 4.69) is 107 Å². The highest BCUT2D eigenvalue weighted by Gasteiger charge is 2.47. The molecule has 2 fully saturated rings. The van der Waals surface area contributed by atoms with Gasteiger partial charge in [0.15, 0.2) is 5.79 Å². The van der Waals surface area contributed by atoms with Crippen LogP contribution in [0.1, 0.15) is 147 Å². The van der Waals surface area contributed by atoms with E-state index in [1.807, 2.05) is 13.8 Å². The van der Waals surface area contributed by atoms with Crippen LogP contribution in [0.2, 0.25) is 18.1 Å². The Hall–Kier alpha value is -1.14. The standard InChI is InChI=1S/C38H68O4Si/c1-29(20-17-21-30(2)26-28-34-37(9,10)42-38(11,12)40-34)19-15-16-23-32(41-43(13,14)35(4,5)6)24-18-22-31(3)25-27-33-36(7,8)39-33/h19,21-23,33-34H,15-18,20,24-28H2,1-14H3/b29-19+,30-21+,31-22+,32-23+/t33-,34+/m0/s1. The van der Waals surface area contributed by atoms with Crippen LogP contribution in [0.25, 0.3) is 0 Å². The first-order chi connectivity index (χ1) is 19.6. The molecule has 248 valence electrons. The van der Waals surface area contributed by atoms with E-state index in [0.717, 1.165) is 64.2 Å². The van der Waals surface area contributed by atoms with Gasteiger partial charge >= 0.3 is 0 Å². The zero-order valence-electron chi connectivity index (χ0n) is 30.7. The van der Waals surface area contributed by atoms with Crippen LogP contribution in [0.5, 0.6) is 0 Å². The fourth-order valence-corrected chi connectivity index (χ4v) is 6.78. The molecule has 0 radical (unpaired) electrons. The Kier molecular flexibility index (Phi) is 13.7. The first kappa shape index (κ1) is 38.0. The molecule has 0 aromatic heterocycles. The molecule has 43 heavy (non-hydrogen) atoms. The molecule has 0 bridgehead atoms. The van der Waals surface area contributed by atoms with Gasteiger partial charge in [-0.3, -0.25) is 0 Å². The normalized spacial score (nSPS) is 24.4. The Labute approximate surface area is 267 Å². The highest BCUT2D eigenvalue weighted by Crippen LogP contribution is 2.40. The monoisotopic (exact) mass is 616 g/mol. The molecule has 2 saturated heterocycles. The van der Waals surface area contributed by atoms with Crippen LogP contribution in [-0.4, -0.2) is 37.5 Å². The number of allylic oxidation sites excluding steroid dienone is 8. The topological polar surface area (TPSA) is 40.2 Å². The zero-order chi connectivity index (χ0) is 32.7. The molecule has 4 nitrogen and oxygen atoms in total. The van der Waals surface area contributed by atoms with Crippen molar-refractivity contribution in [1.29, 1.82) is 0 Å². The lowest BCUT2D eigenvalue weighted by Gasteiger charge is -2.37. The van der Waals surface area contributed by atoms with Crippen LogP contribution in [0, 0.1) is 0 Å². The molecule has 0 aromatic carbocycles. The van der Waals surface area contributed by atoms with Crippen molar-refractivity contribution in [3.8, 4) is 0 Å². The van der Waals surface area contributed by atoms with Crippen LogP contribution in [0.3, 0.4) is 0 Å². The van der Waals surface area contributed by atoms with E-state index in [4.69, 9.17) is 18.6 Å². The van der Waals surface area contributed by atoms with Crippen LogP contribution >= 0.6 is 0 Å². The smallest absolute Gasteiger partial charge is 0.250 e. The quantitative estimate of drug-likeness (QED) is 0.0536. The Morgan fingerprint density at radius 2 is 1.09 bits per heavy atom. The van der Waals surface area contributed by atoms with Gasteiger partial charge in [0.2, 0.25) is 8.32 Å². The Bertz CT molecular complexity index is 1020. The van der Waals surface area contributed by atoms with Gasteiger partial charge in [0.25, 0.3) is 0 Å². The third kappa shape index (κ3) is 13.4. The Morgan fingerprint density at radius 1 is 0.651 bits per heavy atom. The molecule has 0 saturated carbocycles. The molecular weight excluding hydrogens is 549 g/mol. The summed E-state index contributed by atoms with van der Waals surface area (Å²) in [5.41, 5.74) is 4.24. The number of rotatable bonds is 17. The summed E-state index contributed by atoms with van der Waals surface area (Å²) in [6.07, 6.45) is 20.8. The minimum atomic E-state index is -1.87. The number of unbranched alkanes of at least 4 members (excludes halogenated alkanes) is 1. The molecule has 2 atom stereocenters. The van der Waals surface area contributed by atoms with Crippen molar-refractivity contribution in [2.24, 2.45) is 0 Å². The summed E-state index contributed by atoms with van der Waals surface area (Å²) in [6.45, 7) is 31.1. The molecule has 0 unspecified atom stereocenters. The van der Waals surface area contributed by atoms with Crippen molar-refractivity contribution in [1.82, 2.24) is 0 Å². The van der Waals surface area contributed by atoms with Crippen molar-refractivity contribution in [3.05, 3.63) is 46.8 Å². The summed E-state index contributed by atoms with van der Waals surface area (Å²) in [4.78, 5) is 0. The number of epoxide rings is 1. The third-order valence-corrected chi connectivity index (χ3v) is 14.0.